The van der Waals surface area contributed by atoms with Crippen LogP contribution in [0.15, 0.2) is 54.6 Å². The largest absolute Gasteiger partial charge is 0.409 e. The minimum absolute atomic E-state index is 0.187. The molecule has 0 atom stereocenters. The van der Waals surface area contributed by atoms with Crippen molar-refractivity contribution in [2.24, 2.45) is 0 Å². The van der Waals surface area contributed by atoms with Crippen molar-refractivity contribution in [2.75, 3.05) is 0 Å². The Hall–Kier alpha value is -2.43. The Kier molecular flexibility index (Phi) is 6.12. The summed E-state index contributed by atoms with van der Waals surface area (Å²) in [6, 6.07) is 9.29. The smallest absolute Gasteiger partial charge is 0.206 e. The van der Waals surface area contributed by atoms with E-state index in [2.05, 4.69) is 0 Å². The van der Waals surface area contributed by atoms with Crippen LogP contribution in [0.4, 0.5) is 22.0 Å². The molecule has 0 aromatic heterocycles. The highest BCUT2D eigenvalue weighted by molar-refractivity contribution is 5.67. The summed E-state index contributed by atoms with van der Waals surface area (Å²) in [6.45, 7) is 1.94. The third kappa shape index (κ3) is 5.55. The maximum Gasteiger partial charge on any atom is 0.409 e. The van der Waals surface area contributed by atoms with E-state index in [9.17, 15) is 22.0 Å². The Morgan fingerprint density at radius 3 is 2.04 bits per heavy atom. The number of aryl methyl sites for hydroxylation is 1. The van der Waals surface area contributed by atoms with Gasteiger partial charge in [0.2, 0.25) is 0 Å². The Morgan fingerprint density at radius 1 is 0.920 bits per heavy atom. The Bertz CT molecular complexity index is 745. The van der Waals surface area contributed by atoms with Crippen LogP contribution in [0.1, 0.15) is 24.5 Å². The number of benzene rings is 2. The standard InChI is InChI=1S/C20H17F5/c1-2-3-4-5-14-6-8-15(9-7-14)16-12-18(21)17(19(22)13-16)10-11-20(23,24)25/h2-3,6-13H,4-5H2,1H3. The number of alkyl halides is 3. The number of hydrogen-bond acceptors (Lipinski definition) is 0. The van der Waals surface area contributed by atoms with Gasteiger partial charge in [-0.15, -0.1) is 0 Å². The second kappa shape index (κ2) is 8.10. The highest BCUT2D eigenvalue weighted by Gasteiger charge is 2.22. The lowest BCUT2D eigenvalue weighted by atomic mass is 10.00. The van der Waals surface area contributed by atoms with E-state index in [4.69, 9.17) is 0 Å². The van der Waals surface area contributed by atoms with Crippen LogP contribution in [0.2, 0.25) is 0 Å². The summed E-state index contributed by atoms with van der Waals surface area (Å²) in [6.07, 6.45) is 1.36. The van der Waals surface area contributed by atoms with Gasteiger partial charge in [-0.1, -0.05) is 36.4 Å². The van der Waals surface area contributed by atoms with Crippen LogP contribution in [0, 0.1) is 11.6 Å². The van der Waals surface area contributed by atoms with E-state index in [0.29, 0.717) is 11.6 Å². The molecule has 0 aliphatic carbocycles. The molecule has 25 heavy (non-hydrogen) atoms. The third-order valence-electron chi connectivity index (χ3n) is 3.64. The van der Waals surface area contributed by atoms with Crippen molar-refractivity contribution >= 4 is 6.08 Å². The van der Waals surface area contributed by atoms with E-state index in [0.717, 1.165) is 30.5 Å². The van der Waals surface area contributed by atoms with Gasteiger partial charge in [0.05, 0.1) is 0 Å². The van der Waals surface area contributed by atoms with Crippen molar-refractivity contribution in [3.63, 3.8) is 0 Å². The van der Waals surface area contributed by atoms with Crippen LogP contribution in [0.25, 0.3) is 17.2 Å². The molecule has 0 radical (unpaired) electrons. The van der Waals surface area contributed by atoms with Crippen LogP contribution >= 0.6 is 0 Å². The SMILES string of the molecule is CC=CCCc1ccc(-c2cc(F)c(C=CC(F)(F)F)c(F)c2)cc1. The summed E-state index contributed by atoms with van der Waals surface area (Å²) in [5.74, 6) is -2.07. The van der Waals surface area contributed by atoms with Crippen LogP contribution in [0.3, 0.4) is 0 Å². The molecule has 0 bridgehead atoms. The van der Waals surface area contributed by atoms with Gasteiger partial charge in [-0.3, -0.25) is 0 Å². The van der Waals surface area contributed by atoms with Gasteiger partial charge in [0, 0.05) is 11.6 Å². The zero-order valence-electron chi connectivity index (χ0n) is 13.6. The van der Waals surface area contributed by atoms with Crippen molar-refractivity contribution in [1.29, 1.82) is 0 Å². The lowest BCUT2D eigenvalue weighted by molar-refractivity contribution is -0.0790. The summed E-state index contributed by atoms with van der Waals surface area (Å²) in [4.78, 5) is 0. The molecule has 2 aromatic rings. The monoisotopic (exact) mass is 352 g/mol. The van der Waals surface area contributed by atoms with Gasteiger partial charge in [-0.2, -0.15) is 13.2 Å². The summed E-state index contributed by atoms with van der Waals surface area (Å²) in [5.41, 5.74) is 1.26. The van der Waals surface area contributed by atoms with E-state index >= 15 is 0 Å². The average molecular weight is 352 g/mol. The molecular weight excluding hydrogens is 335 g/mol. The second-order valence-corrected chi connectivity index (χ2v) is 5.53. The predicted molar refractivity (Wildman–Crippen MR) is 90.0 cm³/mol. The van der Waals surface area contributed by atoms with Crippen LogP contribution in [0.5, 0.6) is 0 Å². The van der Waals surface area contributed by atoms with Gasteiger partial charge in [-0.05, 0) is 54.7 Å². The molecule has 2 rings (SSSR count). The molecule has 0 fully saturated rings. The molecule has 0 amide bonds. The molecule has 0 heterocycles. The average Bonchev–Trinajstić information content (AvgIpc) is 2.54. The first-order valence-electron chi connectivity index (χ1n) is 7.75. The molecule has 0 unspecified atom stereocenters. The Labute approximate surface area is 143 Å². The third-order valence-corrected chi connectivity index (χ3v) is 3.64. The van der Waals surface area contributed by atoms with E-state index in [-0.39, 0.29) is 11.6 Å². The maximum absolute atomic E-state index is 14.0. The van der Waals surface area contributed by atoms with Gasteiger partial charge < -0.3 is 0 Å². The quantitative estimate of drug-likeness (QED) is 0.414. The Balaban J connectivity index is 2.24. The molecule has 0 saturated heterocycles. The van der Waals surface area contributed by atoms with Gasteiger partial charge in [0.15, 0.2) is 0 Å². The first-order valence-corrected chi connectivity index (χ1v) is 7.75. The summed E-state index contributed by atoms with van der Waals surface area (Å²) in [5, 5.41) is 0. The second-order valence-electron chi connectivity index (χ2n) is 5.53. The van der Waals surface area contributed by atoms with Crippen LogP contribution in [-0.4, -0.2) is 6.18 Å². The lowest BCUT2D eigenvalue weighted by Crippen LogP contribution is -2.01. The fraction of sp³-hybridized carbons (Fsp3) is 0.200. The molecule has 0 aliphatic rings. The predicted octanol–water partition coefficient (Wildman–Crippen LogP) is 6.72. The van der Waals surface area contributed by atoms with Crippen molar-refractivity contribution in [3.05, 3.63) is 77.4 Å². The first-order chi connectivity index (χ1) is 11.8. The normalized spacial score (nSPS) is 12.4. The van der Waals surface area contributed by atoms with Crippen molar-refractivity contribution in [1.82, 2.24) is 0 Å². The number of allylic oxidation sites excluding steroid dienone is 3. The van der Waals surface area contributed by atoms with E-state index in [1.54, 1.807) is 12.1 Å². The van der Waals surface area contributed by atoms with Crippen molar-refractivity contribution in [2.45, 2.75) is 25.9 Å². The summed E-state index contributed by atoms with van der Waals surface area (Å²) < 4.78 is 64.5. The number of rotatable bonds is 5. The highest BCUT2D eigenvalue weighted by atomic mass is 19.4. The van der Waals surface area contributed by atoms with Crippen molar-refractivity contribution < 1.29 is 22.0 Å². The summed E-state index contributed by atoms with van der Waals surface area (Å²) >= 11 is 0. The molecule has 0 saturated carbocycles. The molecular formula is C20H17F5. The molecule has 0 N–H and O–H groups in total. The fourth-order valence-corrected chi connectivity index (χ4v) is 2.37. The highest BCUT2D eigenvalue weighted by Crippen LogP contribution is 2.27. The van der Waals surface area contributed by atoms with Crippen LogP contribution in [-0.2, 0) is 6.42 Å². The molecule has 0 aliphatic heterocycles. The minimum Gasteiger partial charge on any atom is -0.206 e. The van der Waals surface area contributed by atoms with Crippen molar-refractivity contribution in [3.8, 4) is 11.1 Å². The number of hydrogen-bond donors (Lipinski definition) is 0. The molecule has 0 spiro atoms. The maximum atomic E-state index is 14.0. The van der Waals surface area contributed by atoms with Gasteiger partial charge >= 0.3 is 6.18 Å². The van der Waals surface area contributed by atoms with Gasteiger partial charge in [0.1, 0.15) is 11.6 Å². The summed E-state index contributed by atoms with van der Waals surface area (Å²) in [7, 11) is 0. The van der Waals surface area contributed by atoms with E-state index in [1.165, 1.54) is 0 Å². The zero-order valence-corrected chi connectivity index (χ0v) is 13.6. The molecule has 5 heteroatoms. The molecule has 0 nitrogen and oxygen atoms in total. The van der Waals surface area contributed by atoms with Gasteiger partial charge in [-0.25, -0.2) is 8.78 Å². The first kappa shape index (κ1) is 18.9. The lowest BCUT2D eigenvalue weighted by Gasteiger charge is -2.07. The zero-order chi connectivity index (χ0) is 18.4. The topological polar surface area (TPSA) is 0 Å². The van der Waals surface area contributed by atoms with E-state index in [1.807, 2.05) is 31.2 Å². The van der Waals surface area contributed by atoms with Crippen LogP contribution < -0.4 is 0 Å². The van der Waals surface area contributed by atoms with Gasteiger partial charge in [0.25, 0.3) is 0 Å². The molecule has 2 aromatic carbocycles. The fourth-order valence-electron chi connectivity index (χ4n) is 2.37. The molecule has 132 valence electrons. The number of halogens is 5. The Morgan fingerprint density at radius 2 is 1.52 bits per heavy atom. The minimum atomic E-state index is -4.62. The van der Waals surface area contributed by atoms with E-state index < -0.39 is 23.4 Å².